The first kappa shape index (κ1) is 27.6. The van der Waals surface area contributed by atoms with E-state index in [9.17, 15) is 9.59 Å². The van der Waals surface area contributed by atoms with Gasteiger partial charge in [-0.05, 0) is 43.9 Å². The summed E-state index contributed by atoms with van der Waals surface area (Å²) in [6.07, 6.45) is 9.44. The molecule has 0 bridgehead atoms. The van der Waals surface area contributed by atoms with Crippen LogP contribution in [0.25, 0.3) is 0 Å². The number of hydrogen-bond donors (Lipinski definition) is 0. The Hall–Kier alpha value is -1.58. The molecule has 1 aliphatic rings. The topological polar surface area (TPSA) is 52.6 Å². The monoisotopic (exact) mass is 382 g/mol. The van der Waals surface area contributed by atoms with E-state index in [0.717, 1.165) is 35.8 Å². The quantitative estimate of drug-likeness (QED) is 0.383. The van der Waals surface area contributed by atoms with E-state index in [1.165, 1.54) is 32.1 Å². The Morgan fingerprint density at radius 3 is 1.22 bits per heavy atom. The van der Waals surface area contributed by atoms with Gasteiger partial charge in [0.05, 0.1) is 13.2 Å². The lowest BCUT2D eigenvalue weighted by molar-refractivity contribution is -0.138. The van der Waals surface area contributed by atoms with Crippen molar-refractivity contribution in [1.29, 1.82) is 0 Å². The third-order valence-electron chi connectivity index (χ3n) is 5.26. The minimum absolute atomic E-state index is 0.359. The van der Waals surface area contributed by atoms with Crippen molar-refractivity contribution in [2.24, 2.45) is 23.7 Å². The van der Waals surface area contributed by atoms with E-state index < -0.39 is 0 Å². The van der Waals surface area contributed by atoms with Crippen molar-refractivity contribution in [3.63, 3.8) is 0 Å². The lowest BCUT2D eigenvalue weighted by Gasteiger charge is -2.23. The zero-order valence-electron chi connectivity index (χ0n) is 18.5. The maximum atomic E-state index is 10.1. The standard InChI is InChI=1S/C13H26.2C5H8O2/c1-5-10-9-11(6-2)13(8-4)12(10)7-3;2*1-3-5(6)7-4-2/h10-13H,5-9H2,1-4H3;2*3H,1,4H2,2H3. The molecule has 0 aromatic rings. The Kier molecular flexibility index (Phi) is 18.2. The molecule has 0 aromatic carbocycles. The highest BCUT2D eigenvalue weighted by atomic mass is 16.5. The first-order chi connectivity index (χ1) is 12.9. The van der Waals surface area contributed by atoms with Crippen molar-refractivity contribution in [3.8, 4) is 0 Å². The van der Waals surface area contributed by atoms with Gasteiger partial charge in [0.2, 0.25) is 0 Å². The first-order valence-corrected chi connectivity index (χ1v) is 10.5. The van der Waals surface area contributed by atoms with E-state index in [1.54, 1.807) is 13.8 Å². The Balaban J connectivity index is 0. The number of rotatable bonds is 8. The number of carbonyl (C=O) groups excluding carboxylic acids is 2. The van der Waals surface area contributed by atoms with E-state index in [-0.39, 0.29) is 11.9 Å². The van der Waals surface area contributed by atoms with Gasteiger partial charge in [0.25, 0.3) is 0 Å². The van der Waals surface area contributed by atoms with Crippen molar-refractivity contribution in [3.05, 3.63) is 25.3 Å². The van der Waals surface area contributed by atoms with Gasteiger partial charge in [-0.25, -0.2) is 9.59 Å². The molecule has 4 atom stereocenters. The normalized spacial score (nSPS) is 23.0. The second-order valence-electron chi connectivity index (χ2n) is 6.63. The summed E-state index contributed by atoms with van der Waals surface area (Å²) < 4.78 is 8.87. The Morgan fingerprint density at radius 1 is 0.741 bits per heavy atom. The fourth-order valence-corrected chi connectivity index (χ4v) is 4.05. The maximum Gasteiger partial charge on any atom is 0.330 e. The number of ether oxygens (including phenoxy) is 2. The fraction of sp³-hybridized carbons (Fsp3) is 0.739. The molecule has 0 spiro atoms. The summed E-state index contributed by atoms with van der Waals surface area (Å²) >= 11 is 0. The first-order valence-electron chi connectivity index (χ1n) is 10.5. The minimum Gasteiger partial charge on any atom is -0.463 e. The summed E-state index contributed by atoms with van der Waals surface area (Å²) in [5, 5.41) is 0. The van der Waals surface area contributed by atoms with Gasteiger partial charge in [0, 0.05) is 12.2 Å². The molecule has 0 aliphatic heterocycles. The van der Waals surface area contributed by atoms with Crippen molar-refractivity contribution in [1.82, 2.24) is 0 Å². The van der Waals surface area contributed by atoms with E-state index in [4.69, 9.17) is 0 Å². The molecule has 1 aliphatic carbocycles. The van der Waals surface area contributed by atoms with E-state index in [1.807, 2.05) is 0 Å². The molecule has 0 aromatic heterocycles. The predicted molar refractivity (Wildman–Crippen MR) is 113 cm³/mol. The molecule has 0 radical (unpaired) electrons. The van der Waals surface area contributed by atoms with Gasteiger partial charge < -0.3 is 9.47 Å². The molecule has 1 saturated carbocycles. The molecule has 27 heavy (non-hydrogen) atoms. The van der Waals surface area contributed by atoms with Crippen LogP contribution in [0.5, 0.6) is 0 Å². The molecule has 4 nitrogen and oxygen atoms in total. The lowest BCUT2D eigenvalue weighted by atomic mass is 9.82. The largest absolute Gasteiger partial charge is 0.463 e. The smallest absolute Gasteiger partial charge is 0.330 e. The van der Waals surface area contributed by atoms with Crippen molar-refractivity contribution < 1.29 is 19.1 Å². The highest BCUT2D eigenvalue weighted by Gasteiger charge is 2.38. The second-order valence-corrected chi connectivity index (χ2v) is 6.63. The molecule has 158 valence electrons. The van der Waals surface area contributed by atoms with E-state index >= 15 is 0 Å². The molecule has 4 unspecified atom stereocenters. The van der Waals surface area contributed by atoms with Crippen molar-refractivity contribution >= 4 is 11.9 Å². The minimum atomic E-state index is -0.359. The zero-order valence-corrected chi connectivity index (χ0v) is 18.5. The van der Waals surface area contributed by atoms with Crippen LogP contribution in [0, 0.1) is 23.7 Å². The van der Waals surface area contributed by atoms with Crippen molar-refractivity contribution in [2.45, 2.75) is 73.6 Å². The zero-order chi connectivity index (χ0) is 21.2. The van der Waals surface area contributed by atoms with Gasteiger partial charge >= 0.3 is 11.9 Å². The Bertz CT molecular complexity index is 379. The fourth-order valence-electron chi connectivity index (χ4n) is 4.05. The number of carbonyl (C=O) groups is 2. The maximum absolute atomic E-state index is 10.1. The molecule has 0 amide bonds. The van der Waals surface area contributed by atoms with Crippen LogP contribution in [0.2, 0.25) is 0 Å². The van der Waals surface area contributed by atoms with Crippen molar-refractivity contribution in [2.75, 3.05) is 13.2 Å². The van der Waals surface area contributed by atoms with Gasteiger partial charge in [-0.3, -0.25) is 0 Å². The number of hydrogen-bond acceptors (Lipinski definition) is 4. The van der Waals surface area contributed by atoms with Crippen LogP contribution in [0.1, 0.15) is 73.6 Å². The van der Waals surface area contributed by atoms with Crippen LogP contribution in [0.4, 0.5) is 0 Å². The predicted octanol–water partition coefficient (Wildman–Crippen LogP) is 5.97. The SMILES string of the molecule is C=CC(=O)OCC.C=CC(=O)OCC.CCC1CC(CC)C(CC)C1CC. The summed E-state index contributed by atoms with van der Waals surface area (Å²) in [4.78, 5) is 20.1. The van der Waals surface area contributed by atoms with Crippen LogP contribution < -0.4 is 0 Å². The number of esters is 2. The summed E-state index contributed by atoms with van der Waals surface area (Å²) in [7, 11) is 0. The van der Waals surface area contributed by atoms with Gasteiger partial charge in [-0.2, -0.15) is 0 Å². The summed E-state index contributed by atoms with van der Waals surface area (Å²) in [5.41, 5.74) is 0. The Labute approximate surface area is 167 Å². The average molecular weight is 383 g/mol. The molecule has 0 saturated heterocycles. The van der Waals surface area contributed by atoms with E-state index in [2.05, 4.69) is 50.3 Å². The molecule has 4 heteroatoms. The van der Waals surface area contributed by atoms with Crippen LogP contribution in [0.3, 0.4) is 0 Å². The van der Waals surface area contributed by atoms with Crippen LogP contribution >= 0.6 is 0 Å². The van der Waals surface area contributed by atoms with Gasteiger partial charge in [-0.1, -0.05) is 66.5 Å². The summed E-state index contributed by atoms with van der Waals surface area (Å²) in [5.74, 6) is 3.45. The summed E-state index contributed by atoms with van der Waals surface area (Å²) in [6, 6.07) is 0. The molecule has 1 rings (SSSR count). The van der Waals surface area contributed by atoms with E-state index in [0.29, 0.717) is 13.2 Å². The van der Waals surface area contributed by atoms with Crippen LogP contribution in [-0.4, -0.2) is 25.2 Å². The molecule has 1 fully saturated rings. The highest BCUT2D eigenvalue weighted by molar-refractivity contribution is 5.81. The van der Waals surface area contributed by atoms with Gasteiger partial charge in [0.15, 0.2) is 0 Å². The lowest BCUT2D eigenvalue weighted by Crippen LogP contribution is -2.15. The summed E-state index contributed by atoms with van der Waals surface area (Å²) in [6.45, 7) is 20.3. The molecule has 0 heterocycles. The second kappa shape index (κ2) is 17.8. The third kappa shape index (κ3) is 11.7. The third-order valence-corrected chi connectivity index (χ3v) is 5.26. The van der Waals surface area contributed by atoms with Gasteiger partial charge in [-0.15, -0.1) is 0 Å². The molecular weight excluding hydrogens is 340 g/mol. The highest BCUT2D eigenvalue weighted by Crippen LogP contribution is 2.47. The van der Waals surface area contributed by atoms with Crippen LogP contribution in [0.15, 0.2) is 25.3 Å². The average Bonchev–Trinajstić information content (AvgIpc) is 3.06. The van der Waals surface area contributed by atoms with Crippen LogP contribution in [-0.2, 0) is 19.1 Å². The molecular formula is C23H42O4. The Morgan fingerprint density at radius 2 is 1.07 bits per heavy atom. The van der Waals surface area contributed by atoms with Gasteiger partial charge in [0.1, 0.15) is 0 Å². The molecule has 0 N–H and O–H groups in total.